The lowest BCUT2D eigenvalue weighted by Crippen LogP contribution is -2.08. The van der Waals surface area contributed by atoms with Crippen molar-refractivity contribution in [1.82, 2.24) is 4.40 Å². The predicted molar refractivity (Wildman–Crippen MR) is 98.7 cm³/mol. The summed E-state index contributed by atoms with van der Waals surface area (Å²) in [5.41, 5.74) is 0.455. The molecule has 0 fully saturated rings. The molecule has 2 heterocycles. The number of carboxylic acid groups (broad SMARTS) is 1. The highest BCUT2D eigenvalue weighted by Gasteiger charge is 2.28. The van der Waals surface area contributed by atoms with Gasteiger partial charge in [0.05, 0.1) is 30.4 Å². The lowest BCUT2D eigenvalue weighted by atomic mass is 10.0. The summed E-state index contributed by atoms with van der Waals surface area (Å²) in [7, 11) is 2.67. The van der Waals surface area contributed by atoms with Gasteiger partial charge in [-0.3, -0.25) is 14.9 Å². The number of benzene rings is 1. The van der Waals surface area contributed by atoms with E-state index in [1.807, 2.05) is 0 Å². The van der Waals surface area contributed by atoms with Gasteiger partial charge in [-0.1, -0.05) is 0 Å². The van der Waals surface area contributed by atoms with Crippen molar-refractivity contribution in [1.29, 1.82) is 0 Å². The molecule has 1 N–H and O–H groups in total. The van der Waals surface area contributed by atoms with Gasteiger partial charge in [0.2, 0.25) is 5.78 Å². The molecular weight excluding hydrogens is 368 g/mol. The van der Waals surface area contributed by atoms with Crippen LogP contribution in [0.5, 0.6) is 11.5 Å². The number of aromatic carboxylic acids is 1. The van der Waals surface area contributed by atoms with E-state index < -0.39 is 16.7 Å². The molecule has 0 saturated heterocycles. The summed E-state index contributed by atoms with van der Waals surface area (Å²) in [6.45, 7) is 1.53. The Morgan fingerprint density at radius 1 is 1.14 bits per heavy atom. The maximum Gasteiger partial charge on any atom is 0.338 e. The number of carbonyl (C=O) groups is 2. The molecule has 144 valence electrons. The van der Waals surface area contributed by atoms with Gasteiger partial charge in [-0.25, -0.2) is 4.79 Å². The van der Waals surface area contributed by atoms with Gasteiger partial charge in [0, 0.05) is 17.8 Å². The van der Waals surface area contributed by atoms with Gasteiger partial charge >= 0.3 is 11.7 Å². The van der Waals surface area contributed by atoms with Crippen molar-refractivity contribution in [3.63, 3.8) is 0 Å². The highest BCUT2D eigenvalue weighted by atomic mass is 16.6. The number of fused-ring (bicyclic) bond motifs is 1. The number of ether oxygens (including phenoxy) is 2. The first-order valence-electron chi connectivity index (χ1n) is 8.09. The summed E-state index contributed by atoms with van der Waals surface area (Å²) in [5, 5.41) is 20.7. The van der Waals surface area contributed by atoms with E-state index in [0.29, 0.717) is 5.75 Å². The summed E-state index contributed by atoms with van der Waals surface area (Å²) in [4.78, 5) is 35.5. The Labute approximate surface area is 158 Å². The van der Waals surface area contributed by atoms with Crippen LogP contribution in [0.4, 0.5) is 5.69 Å². The Hall–Kier alpha value is -3.88. The summed E-state index contributed by atoms with van der Waals surface area (Å²) in [5.74, 6) is -1.45. The van der Waals surface area contributed by atoms with Crippen LogP contribution >= 0.6 is 0 Å². The monoisotopic (exact) mass is 384 g/mol. The van der Waals surface area contributed by atoms with Crippen molar-refractivity contribution in [2.75, 3.05) is 14.2 Å². The molecule has 9 heteroatoms. The number of nitro benzene ring substituents is 1. The molecule has 3 rings (SSSR count). The molecule has 0 aliphatic heterocycles. The molecule has 0 saturated carbocycles. The fourth-order valence-electron chi connectivity index (χ4n) is 3.21. The van der Waals surface area contributed by atoms with E-state index in [2.05, 4.69) is 0 Å². The van der Waals surface area contributed by atoms with Crippen LogP contribution in [-0.4, -0.2) is 40.4 Å². The number of ketones is 1. The van der Waals surface area contributed by atoms with Gasteiger partial charge in [0.15, 0.2) is 5.75 Å². The maximum absolute atomic E-state index is 13.2. The van der Waals surface area contributed by atoms with Gasteiger partial charge in [-0.15, -0.1) is 0 Å². The summed E-state index contributed by atoms with van der Waals surface area (Å²) < 4.78 is 11.7. The van der Waals surface area contributed by atoms with Crippen molar-refractivity contribution in [3.05, 3.63) is 69.0 Å². The first-order valence-corrected chi connectivity index (χ1v) is 8.09. The SMILES string of the molecule is COc1cc(C(=O)c2c(C)c(C(=O)O)c3c(OC)cccn23)ccc1[N+](=O)[O-]. The zero-order valence-electron chi connectivity index (χ0n) is 15.3. The molecule has 0 bridgehead atoms. The highest BCUT2D eigenvalue weighted by Crippen LogP contribution is 2.33. The molecule has 9 nitrogen and oxygen atoms in total. The second kappa shape index (κ2) is 7.03. The van der Waals surface area contributed by atoms with Crippen molar-refractivity contribution in [2.24, 2.45) is 0 Å². The number of carboxylic acids is 1. The fourth-order valence-corrected chi connectivity index (χ4v) is 3.21. The van der Waals surface area contributed by atoms with Crippen LogP contribution in [0.2, 0.25) is 0 Å². The van der Waals surface area contributed by atoms with Crippen molar-refractivity contribution < 1.29 is 29.1 Å². The molecule has 1 aromatic carbocycles. The average molecular weight is 384 g/mol. The van der Waals surface area contributed by atoms with E-state index in [0.717, 1.165) is 0 Å². The van der Waals surface area contributed by atoms with Gasteiger partial charge < -0.3 is 19.0 Å². The average Bonchev–Trinajstić information content (AvgIpc) is 2.98. The van der Waals surface area contributed by atoms with Crippen LogP contribution in [0.1, 0.15) is 32.0 Å². The third-order valence-corrected chi connectivity index (χ3v) is 4.45. The zero-order valence-corrected chi connectivity index (χ0v) is 15.3. The van der Waals surface area contributed by atoms with E-state index >= 15 is 0 Å². The van der Waals surface area contributed by atoms with Gasteiger partial charge in [-0.2, -0.15) is 0 Å². The number of carbonyl (C=O) groups excluding carboxylic acids is 1. The topological polar surface area (TPSA) is 120 Å². The molecule has 0 spiro atoms. The number of nitrogens with zero attached hydrogens (tertiary/aromatic N) is 2. The lowest BCUT2D eigenvalue weighted by Gasteiger charge is -2.08. The Balaban J connectivity index is 2.27. The minimum Gasteiger partial charge on any atom is -0.495 e. The molecule has 0 amide bonds. The first kappa shape index (κ1) is 18.9. The van der Waals surface area contributed by atoms with E-state index in [9.17, 15) is 24.8 Å². The van der Waals surface area contributed by atoms with Gasteiger partial charge in [-0.05, 0) is 36.8 Å². The second-order valence-electron chi connectivity index (χ2n) is 5.92. The lowest BCUT2D eigenvalue weighted by molar-refractivity contribution is -0.385. The predicted octanol–water partition coefficient (Wildman–Crippen LogP) is 3.10. The second-order valence-corrected chi connectivity index (χ2v) is 5.92. The van der Waals surface area contributed by atoms with Crippen LogP contribution in [0, 0.1) is 17.0 Å². The van der Waals surface area contributed by atoms with Crippen LogP contribution < -0.4 is 9.47 Å². The fraction of sp³-hybridized carbons (Fsp3) is 0.158. The number of hydrogen-bond donors (Lipinski definition) is 1. The number of hydrogen-bond acceptors (Lipinski definition) is 6. The number of pyridine rings is 1. The zero-order chi connectivity index (χ0) is 20.6. The summed E-state index contributed by atoms with van der Waals surface area (Å²) in [6.07, 6.45) is 1.56. The summed E-state index contributed by atoms with van der Waals surface area (Å²) >= 11 is 0. The Kier molecular flexibility index (Phi) is 4.74. The largest absolute Gasteiger partial charge is 0.495 e. The van der Waals surface area contributed by atoms with Crippen LogP contribution in [0.25, 0.3) is 5.52 Å². The van der Waals surface area contributed by atoms with E-state index in [1.54, 1.807) is 18.3 Å². The van der Waals surface area contributed by atoms with Crippen molar-refractivity contribution in [2.45, 2.75) is 6.92 Å². The number of nitro groups is 1. The molecule has 0 aliphatic carbocycles. The van der Waals surface area contributed by atoms with Crippen LogP contribution in [0.15, 0.2) is 36.5 Å². The van der Waals surface area contributed by atoms with E-state index in [-0.39, 0.29) is 39.3 Å². The Bertz CT molecular complexity index is 1130. The first-order chi connectivity index (χ1) is 13.3. The molecule has 0 atom stereocenters. The molecule has 28 heavy (non-hydrogen) atoms. The van der Waals surface area contributed by atoms with Gasteiger partial charge in [0.1, 0.15) is 11.3 Å². The number of rotatable bonds is 6. The molecule has 2 aromatic heterocycles. The Morgan fingerprint density at radius 3 is 2.39 bits per heavy atom. The number of methoxy groups -OCH3 is 2. The van der Waals surface area contributed by atoms with Crippen LogP contribution in [-0.2, 0) is 0 Å². The molecular formula is C19H16N2O7. The number of aromatic nitrogens is 1. The third-order valence-electron chi connectivity index (χ3n) is 4.45. The normalized spacial score (nSPS) is 10.7. The maximum atomic E-state index is 13.2. The van der Waals surface area contributed by atoms with E-state index in [4.69, 9.17) is 9.47 Å². The van der Waals surface area contributed by atoms with Crippen molar-refractivity contribution >= 4 is 23.0 Å². The highest BCUT2D eigenvalue weighted by molar-refractivity contribution is 6.13. The molecule has 0 radical (unpaired) electrons. The Morgan fingerprint density at radius 2 is 1.82 bits per heavy atom. The quantitative estimate of drug-likeness (QED) is 0.394. The molecule has 3 aromatic rings. The standard InChI is InChI=1S/C19H16N2O7/c1-10-15(19(23)24)17-13(27-2)5-4-8-20(17)16(10)18(22)11-6-7-12(21(25)26)14(9-11)28-3/h4-9H,1-3H3,(H,23,24). The smallest absolute Gasteiger partial charge is 0.338 e. The summed E-state index contributed by atoms with van der Waals surface area (Å²) in [6, 6.07) is 6.98. The van der Waals surface area contributed by atoms with Crippen molar-refractivity contribution in [3.8, 4) is 11.5 Å². The minimum absolute atomic E-state index is 0.0466. The minimum atomic E-state index is -1.19. The van der Waals surface area contributed by atoms with E-state index in [1.165, 1.54) is 43.7 Å². The van der Waals surface area contributed by atoms with Gasteiger partial charge in [0.25, 0.3) is 0 Å². The third kappa shape index (κ3) is 2.82. The van der Waals surface area contributed by atoms with Crippen LogP contribution in [0.3, 0.4) is 0 Å². The molecule has 0 unspecified atom stereocenters. The molecule has 0 aliphatic rings.